The Morgan fingerprint density at radius 3 is 2.94 bits per heavy atom. The summed E-state index contributed by atoms with van der Waals surface area (Å²) in [6.45, 7) is 8.94. The molecule has 0 aliphatic carbocycles. The Morgan fingerprint density at radius 1 is 1.16 bits per heavy atom. The fraction of sp³-hybridized carbons (Fsp3) is 0.417. The van der Waals surface area contributed by atoms with E-state index in [1.807, 2.05) is 38.2 Å². The van der Waals surface area contributed by atoms with E-state index in [9.17, 15) is 5.26 Å². The maximum absolute atomic E-state index is 9.30. The minimum absolute atomic E-state index is 0.590. The molecular formula is C24H27N7. The third-order valence-electron chi connectivity index (χ3n) is 6.76. The molecule has 2 saturated heterocycles. The van der Waals surface area contributed by atoms with Gasteiger partial charge in [0.1, 0.15) is 5.82 Å². The summed E-state index contributed by atoms with van der Waals surface area (Å²) >= 11 is 0. The van der Waals surface area contributed by atoms with Crippen molar-refractivity contribution in [2.45, 2.75) is 39.3 Å². The highest BCUT2D eigenvalue weighted by Gasteiger charge is 2.31. The summed E-state index contributed by atoms with van der Waals surface area (Å²) in [6, 6.07) is 10.9. The number of hydrogen-bond acceptors (Lipinski definition) is 7. The second-order valence-electron chi connectivity index (χ2n) is 8.56. The Kier molecular flexibility index (Phi) is 5.16. The zero-order valence-electron chi connectivity index (χ0n) is 18.1. The first-order valence-electron chi connectivity index (χ1n) is 11.0. The van der Waals surface area contributed by atoms with Crippen molar-refractivity contribution in [1.29, 1.82) is 5.26 Å². The molecule has 31 heavy (non-hydrogen) atoms. The van der Waals surface area contributed by atoms with Gasteiger partial charge in [0.05, 0.1) is 17.3 Å². The number of benzene rings is 1. The molecule has 7 nitrogen and oxygen atoms in total. The van der Waals surface area contributed by atoms with Gasteiger partial charge in [0.2, 0.25) is 0 Å². The smallest absolute Gasteiger partial charge is 0.157 e. The molecule has 0 saturated carbocycles. The molecule has 1 N–H and O–H groups in total. The molecule has 0 amide bonds. The molecule has 7 heteroatoms. The summed E-state index contributed by atoms with van der Waals surface area (Å²) < 4.78 is 0. The number of pyridine rings is 1. The number of nitrogens with one attached hydrogen (secondary N) is 1. The minimum Gasteiger partial charge on any atom is -0.364 e. The van der Waals surface area contributed by atoms with Crippen molar-refractivity contribution in [3.63, 3.8) is 0 Å². The van der Waals surface area contributed by atoms with Gasteiger partial charge in [-0.25, -0.2) is 4.98 Å². The first kappa shape index (κ1) is 19.7. The van der Waals surface area contributed by atoms with Gasteiger partial charge in [-0.05, 0) is 56.5 Å². The van der Waals surface area contributed by atoms with E-state index in [1.54, 1.807) is 0 Å². The van der Waals surface area contributed by atoms with Crippen LogP contribution in [0.25, 0.3) is 10.8 Å². The van der Waals surface area contributed by atoms with Crippen molar-refractivity contribution < 1.29 is 0 Å². The van der Waals surface area contributed by atoms with E-state index in [-0.39, 0.29) is 0 Å². The second-order valence-corrected chi connectivity index (χ2v) is 8.56. The van der Waals surface area contributed by atoms with E-state index in [0.717, 1.165) is 58.9 Å². The lowest BCUT2D eigenvalue weighted by atomic mass is 10.0. The fourth-order valence-electron chi connectivity index (χ4n) is 4.84. The number of piperazine rings is 1. The number of fused-ring (bicyclic) bond motifs is 2. The predicted molar refractivity (Wildman–Crippen MR) is 122 cm³/mol. The minimum atomic E-state index is 0.590. The van der Waals surface area contributed by atoms with Crippen molar-refractivity contribution >= 4 is 22.4 Å². The monoisotopic (exact) mass is 413 g/mol. The van der Waals surface area contributed by atoms with Crippen molar-refractivity contribution in [3.05, 3.63) is 52.8 Å². The molecule has 2 fully saturated rings. The summed E-state index contributed by atoms with van der Waals surface area (Å²) in [7, 11) is 0. The second kappa shape index (κ2) is 8.12. The number of nitrogens with zero attached hydrogens (tertiary/aromatic N) is 6. The lowest BCUT2D eigenvalue weighted by Crippen LogP contribution is -2.50. The molecule has 1 unspecified atom stereocenters. The molecule has 0 bridgehead atoms. The largest absolute Gasteiger partial charge is 0.364 e. The summed E-state index contributed by atoms with van der Waals surface area (Å²) in [6.07, 6.45) is 4.52. The van der Waals surface area contributed by atoms with E-state index >= 15 is 0 Å². The van der Waals surface area contributed by atoms with Gasteiger partial charge in [-0.3, -0.25) is 4.90 Å². The van der Waals surface area contributed by atoms with E-state index < -0.39 is 0 Å². The Balaban J connectivity index is 1.44. The average molecular weight is 414 g/mol. The van der Waals surface area contributed by atoms with Crippen LogP contribution in [0.4, 0.5) is 11.6 Å². The van der Waals surface area contributed by atoms with Crippen LogP contribution in [0.5, 0.6) is 0 Å². The number of rotatable bonds is 4. The molecule has 3 aromatic rings. The zero-order chi connectivity index (χ0) is 21.4. The zero-order valence-corrected chi connectivity index (χ0v) is 18.1. The molecule has 1 atom stereocenters. The Morgan fingerprint density at radius 2 is 2.06 bits per heavy atom. The lowest BCUT2D eigenvalue weighted by Gasteiger charge is -2.38. The van der Waals surface area contributed by atoms with Crippen LogP contribution >= 0.6 is 0 Å². The van der Waals surface area contributed by atoms with Crippen molar-refractivity contribution in [1.82, 2.24) is 20.1 Å². The Hall–Kier alpha value is -3.24. The molecule has 5 rings (SSSR count). The van der Waals surface area contributed by atoms with Crippen molar-refractivity contribution in [2.75, 3.05) is 36.4 Å². The number of aryl methyl sites for hydroxylation is 1. The summed E-state index contributed by atoms with van der Waals surface area (Å²) in [4.78, 5) is 9.80. The molecule has 2 aromatic heterocycles. The van der Waals surface area contributed by atoms with E-state index in [1.165, 1.54) is 19.4 Å². The third-order valence-corrected chi connectivity index (χ3v) is 6.76. The average Bonchev–Trinajstić information content (AvgIpc) is 3.27. The van der Waals surface area contributed by atoms with Crippen LogP contribution in [0.15, 0.2) is 30.5 Å². The summed E-state index contributed by atoms with van der Waals surface area (Å²) in [5, 5.41) is 23.6. The molecule has 1 aromatic carbocycles. The summed E-state index contributed by atoms with van der Waals surface area (Å²) in [5.41, 5.74) is 3.67. The maximum atomic E-state index is 9.30. The molecule has 0 radical (unpaired) electrons. The van der Waals surface area contributed by atoms with Gasteiger partial charge in [-0.15, -0.1) is 5.10 Å². The fourth-order valence-corrected chi connectivity index (χ4v) is 4.84. The molecule has 158 valence electrons. The van der Waals surface area contributed by atoms with Gasteiger partial charge in [0.15, 0.2) is 5.82 Å². The number of anilines is 2. The number of nitriles is 1. The van der Waals surface area contributed by atoms with Gasteiger partial charge in [0, 0.05) is 49.2 Å². The van der Waals surface area contributed by atoms with Gasteiger partial charge in [0.25, 0.3) is 0 Å². The maximum Gasteiger partial charge on any atom is 0.157 e. The molecular weight excluding hydrogens is 386 g/mol. The number of hydrogen-bond donors (Lipinski definition) is 1. The van der Waals surface area contributed by atoms with Crippen molar-refractivity contribution in [2.24, 2.45) is 0 Å². The summed E-state index contributed by atoms with van der Waals surface area (Å²) in [5.74, 6) is 1.77. The van der Waals surface area contributed by atoms with Crippen LogP contribution in [-0.2, 0) is 6.54 Å². The van der Waals surface area contributed by atoms with Gasteiger partial charge >= 0.3 is 0 Å². The Bertz CT molecular complexity index is 1170. The van der Waals surface area contributed by atoms with Gasteiger partial charge in [-0.2, -0.15) is 10.4 Å². The standard InChI is InChI=1S/C24H27N7/c1-16-18(12-25)5-3-6-19(16)13-27-24-21-11-23(26-14-22(21)17(2)28-29-24)31-10-9-30-8-4-7-20(30)15-31/h3,5-6,11,14,20H,4,7-10,13,15H2,1-2H3,(H,27,29). The lowest BCUT2D eigenvalue weighted by molar-refractivity contribution is 0.230. The highest BCUT2D eigenvalue weighted by atomic mass is 15.3. The SMILES string of the molecule is Cc1c(C#N)cccc1CNc1nnc(C)c2cnc(N3CCN4CCCC4C3)cc12. The first-order chi connectivity index (χ1) is 15.1. The third kappa shape index (κ3) is 3.68. The molecule has 0 spiro atoms. The van der Waals surface area contributed by atoms with Crippen LogP contribution in [0.1, 0.15) is 35.2 Å². The highest BCUT2D eigenvalue weighted by Crippen LogP contribution is 2.29. The molecule has 2 aliphatic heterocycles. The van der Waals surface area contributed by atoms with Crippen LogP contribution in [0.2, 0.25) is 0 Å². The quantitative estimate of drug-likeness (QED) is 0.702. The highest BCUT2D eigenvalue weighted by molar-refractivity contribution is 5.94. The van der Waals surface area contributed by atoms with Gasteiger partial charge < -0.3 is 10.2 Å². The van der Waals surface area contributed by atoms with E-state index in [2.05, 4.69) is 37.4 Å². The van der Waals surface area contributed by atoms with Gasteiger partial charge in [-0.1, -0.05) is 12.1 Å². The van der Waals surface area contributed by atoms with Crippen LogP contribution < -0.4 is 10.2 Å². The predicted octanol–water partition coefficient (Wildman–Crippen LogP) is 3.41. The molecule has 2 aliphatic rings. The van der Waals surface area contributed by atoms with Crippen LogP contribution in [0, 0.1) is 25.2 Å². The van der Waals surface area contributed by atoms with Crippen LogP contribution in [-0.4, -0.2) is 52.3 Å². The Labute approximate surface area is 182 Å². The van der Waals surface area contributed by atoms with E-state index in [0.29, 0.717) is 18.2 Å². The van der Waals surface area contributed by atoms with Crippen molar-refractivity contribution in [3.8, 4) is 6.07 Å². The van der Waals surface area contributed by atoms with Crippen LogP contribution in [0.3, 0.4) is 0 Å². The number of aromatic nitrogens is 3. The topological polar surface area (TPSA) is 81.0 Å². The molecule has 4 heterocycles. The normalized spacial score (nSPS) is 18.7. The first-order valence-corrected chi connectivity index (χ1v) is 11.0. The van der Waals surface area contributed by atoms with E-state index in [4.69, 9.17) is 4.98 Å².